The number of carbonyl (C=O) groups is 1. The van der Waals surface area contributed by atoms with Gasteiger partial charge in [0.2, 0.25) is 0 Å². The van der Waals surface area contributed by atoms with Crippen molar-refractivity contribution in [1.29, 1.82) is 0 Å². The van der Waals surface area contributed by atoms with Crippen LogP contribution in [0.1, 0.15) is 29.1 Å². The lowest BCUT2D eigenvalue weighted by Crippen LogP contribution is -2.28. The highest BCUT2D eigenvalue weighted by atomic mass is 16.1. The predicted octanol–water partition coefficient (Wildman–Crippen LogP) is -0.629. The Morgan fingerprint density at radius 3 is 3.06 bits per heavy atom. The number of nitrogens with two attached hydrogens (primary N) is 1. The van der Waals surface area contributed by atoms with Gasteiger partial charge in [-0.15, -0.1) is 10.2 Å². The van der Waals surface area contributed by atoms with E-state index in [-0.39, 0.29) is 11.9 Å². The fraction of sp³-hybridized carbons (Fsp3) is 0.222. The maximum atomic E-state index is 12.0. The number of H-pyrrole nitrogens is 1. The van der Waals surface area contributed by atoms with Crippen molar-refractivity contribution < 1.29 is 4.79 Å². The minimum absolute atomic E-state index is 0.303. The molecule has 0 spiro atoms. The molecule has 0 saturated carbocycles. The number of hydrazine groups is 1. The van der Waals surface area contributed by atoms with Crippen molar-refractivity contribution >= 4 is 11.6 Å². The van der Waals surface area contributed by atoms with Gasteiger partial charge < -0.3 is 10.7 Å². The van der Waals surface area contributed by atoms with Crippen molar-refractivity contribution in [3.63, 3.8) is 0 Å². The second-order valence-corrected chi connectivity index (χ2v) is 3.53. The van der Waals surface area contributed by atoms with Gasteiger partial charge in [-0.3, -0.25) is 15.6 Å². The Morgan fingerprint density at radius 2 is 2.39 bits per heavy atom. The van der Waals surface area contributed by atoms with Gasteiger partial charge in [-0.2, -0.15) is 5.21 Å². The van der Waals surface area contributed by atoms with Gasteiger partial charge >= 0.3 is 0 Å². The van der Waals surface area contributed by atoms with Crippen molar-refractivity contribution in [3.05, 3.63) is 29.8 Å². The second-order valence-electron chi connectivity index (χ2n) is 3.53. The summed E-state index contributed by atoms with van der Waals surface area (Å²) < 4.78 is 0. The van der Waals surface area contributed by atoms with Crippen LogP contribution in [0, 0.1) is 0 Å². The Morgan fingerprint density at radius 1 is 1.56 bits per heavy atom. The summed E-state index contributed by atoms with van der Waals surface area (Å²) in [5.74, 6) is 5.40. The molecule has 0 aromatic carbocycles. The number of carbonyl (C=O) groups excluding carboxylic acids is 1. The minimum Gasteiger partial charge on any atom is -0.342 e. The molecule has 0 bridgehead atoms. The molecule has 0 saturated heterocycles. The monoisotopic (exact) mass is 248 g/mol. The Kier molecular flexibility index (Phi) is 3.44. The highest BCUT2D eigenvalue weighted by Gasteiger charge is 2.16. The molecule has 2 aromatic heterocycles. The molecule has 2 rings (SSSR count). The summed E-state index contributed by atoms with van der Waals surface area (Å²) in [5, 5.41) is 16.1. The number of aromatic nitrogens is 5. The maximum absolute atomic E-state index is 12.0. The van der Waals surface area contributed by atoms with Crippen LogP contribution in [-0.2, 0) is 0 Å². The quantitative estimate of drug-likeness (QED) is 0.418. The van der Waals surface area contributed by atoms with E-state index in [9.17, 15) is 4.79 Å². The van der Waals surface area contributed by atoms with Crippen molar-refractivity contribution in [1.82, 2.24) is 30.9 Å². The zero-order chi connectivity index (χ0) is 13.0. The van der Waals surface area contributed by atoms with Crippen LogP contribution in [0.15, 0.2) is 18.5 Å². The van der Waals surface area contributed by atoms with E-state index >= 15 is 0 Å². The van der Waals surface area contributed by atoms with E-state index in [1.54, 1.807) is 13.0 Å². The average Bonchev–Trinajstić information content (AvgIpc) is 2.92. The Labute approximate surface area is 102 Å². The van der Waals surface area contributed by atoms with Crippen molar-refractivity contribution in [3.8, 4) is 0 Å². The molecular weight excluding hydrogens is 236 g/mol. The van der Waals surface area contributed by atoms with Gasteiger partial charge in [0.15, 0.2) is 5.82 Å². The molecular formula is C9H12N8O. The molecule has 0 radical (unpaired) electrons. The molecule has 18 heavy (non-hydrogen) atoms. The summed E-state index contributed by atoms with van der Waals surface area (Å²) in [4.78, 5) is 15.9. The molecule has 0 aliphatic carbocycles. The molecule has 1 amide bonds. The number of rotatable bonds is 4. The zero-order valence-electron chi connectivity index (χ0n) is 9.58. The van der Waals surface area contributed by atoms with Gasteiger partial charge in [-0.25, -0.2) is 0 Å². The zero-order valence-corrected chi connectivity index (χ0v) is 9.58. The number of amides is 1. The van der Waals surface area contributed by atoms with Gasteiger partial charge in [-0.1, -0.05) is 5.21 Å². The standard InChI is InChI=1S/C9H12N8O/c1-5(8-14-16-17-15-8)12-9(18)6-2-3-11-4-7(6)13-10/h2-5,13H,10H2,1H3,(H,12,18)(H,14,15,16,17). The van der Waals surface area contributed by atoms with Crippen LogP contribution in [0.5, 0.6) is 0 Å². The number of aromatic amines is 1. The van der Waals surface area contributed by atoms with Crippen molar-refractivity contribution in [2.75, 3.05) is 5.43 Å². The lowest BCUT2D eigenvalue weighted by atomic mass is 10.2. The van der Waals surface area contributed by atoms with Gasteiger partial charge in [0.1, 0.15) is 0 Å². The highest BCUT2D eigenvalue weighted by Crippen LogP contribution is 2.13. The van der Waals surface area contributed by atoms with E-state index in [4.69, 9.17) is 5.84 Å². The van der Waals surface area contributed by atoms with Crippen LogP contribution < -0.4 is 16.6 Å². The fourth-order valence-corrected chi connectivity index (χ4v) is 1.40. The third-order valence-electron chi connectivity index (χ3n) is 2.32. The molecule has 94 valence electrons. The van der Waals surface area contributed by atoms with Crippen LogP contribution in [0.4, 0.5) is 5.69 Å². The van der Waals surface area contributed by atoms with Crippen molar-refractivity contribution in [2.24, 2.45) is 5.84 Å². The van der Waals surface area contributed by atoms with E-state index in [0.29, 0.717) is 17.1 Å². The Balaban J connectivity index is 2.12. The number of hydrogen-bond donors (Lipinski definition) is 4. The molecule has 2 aromatic rings. The van der Waals surface area contributed by atoms with Gasteiger partial charge in [0.25, 0.3) is 5.91 Å². The number of nitrogen functional groups attached to an aromatic ring is 1. The summed E-state index contributed by atoms with van der Waals surface area (Å²) in [6.07, 6.45) is 2.97. The van der Waals surface area contributed by atoms with Crippen LogP contribution >= 0.6 is 0 Å². The molecule has 2 heterocycles. The molecule has 1 atom stereocenters. The largest absolute Gasteiger partial charge is 0.342 e. The fourth-order valence-electron chi connectivity index (χ4n) is 1.40. The van der Waals surface area contributed by atoms with E-state index in [1.165, 1.54) is 12.4 Å². The highest BCUT2D eigenvalue weighted by molar-refractivity contribution is 5.99. The number of hydrogen-bond acceptors (Lipinski definition) is 7. The smallest absolute Gasteiger partial charge is 0.254 e. The Hall–Kier alpha value is -2.55. The number of tetrazole rings is 1. The maximum Gasteiger partial charge on any atom is 0.254 e. The lowest BCUT2D eigenvalue weighted by molar-refractivity contribution is 0.0939. The average molecular weight is 248 g/mol. The summed E-state index contributed by atoms with van der Waals surface area (Å²) in [6, 6.07) is 1.20. The lowest BCUT2D eigenvalue weighted by Gasteiger charge is -2.12. The van der Waals surface area contributed by atoms with Gasteiger partial charge in [0.05, 0.1) is 23.5 Å². The summed E-state index contributed by atoms with van der Waals surface area (Å²) in [7, 11) is 0. The Bertz CT molecular complexity index is 525. The van der Waals surface area contributed by atoms with Crippen LogP contribution in [-0.4, -0.2) is 31.5 Å². The van der Waals surface area contributed by atoms with Gasteiger partial charge in [-0.05, 0) is 13.0 Å². The number of nitrogens with one attached hydrogen (secondary N) is 3. The van der Waals surface area contributed by atoms with E-state index in [0.717, 1.165) is 0 Å². The molecule has 0 aliphatic heterocycles. The molecule has 5 N–H and O–H groups in total. The third kappa shape index (κ3) is 2.40. The topological polar surface area (TPSA) is 134 Å². The molecule has 9 heteroatoms. The van der Waals surface area contributed by atoms with E-state index < -0.39 is 0 Å². The first-order valence-corrected chi connectivity index (χ1v) is 5.17. The predicted molar refractivity (Wildman–Crippen MR) is 62.1 cm³/mol. The summed E-state index contributed by atoms with van der Waals surface area (Å²) >= 11 is 0. The first-order chi connectivity index (χ1) is 8.72. The third-order valence-corrected chi connectivity index (χ3v) is 2.32. The van der Waals surface area contributed by atoms with Crippen LogP contribution in [0.25, 0.3) is 0 Å². The number of pyridine rings is 1. The normalized spacial score (nSPS) is 11.9. The number of nitrogens with zero attached hydrogens (tertiary/aromatic N) is 4. The molecule has 0 fully saturated rings. The van der Waals surface area contributed by atoms with E-state index in [2.05, 4.69) is 36.4 Å². The van der Waals surface area contributed by atoms with Crippen LogP contribution in [0.3, 0.4) is 0 Å². The van der Waals surface area contributed by atoms with Crippen molar-refractivity contribution in [2.45, 2.75) is 13.0 Å². The SMILES string of the molecule is CC(NC(=O)c1ccncc1NN)c1nn[nH]n1. The first-order valence-electron chi connectivity index (χ1n) is 5.17. The van der Waals surface area contributed by atoms with Gasteiger partial charge in [0, 0.05) is 6.20 Å². The second kappa shape index (κ2) is 5.19. The summed E-state index contributed by atoms with van der Waals surface area (Å²) in [6.45, 7) is 1.75. The molecule has 1 unspecified atom stereocenters. The molecule has 9 nitrogen and oxygen atoms in total. The first kappa shape index (κ1) is 11.9. The summed E-state index contributed by atoms with van der Waals surface area (Å²) in [5.41, 5.74) is 3.24. The molecule has 0 aliphatic rings. The number of anilines is 1. The van der Waals surface area contributed by atoms with Crippen LogP contribution in [0.2, 0.25) is 0 Å². The van der Waals surface area contributed by atoms with E-state index in [1.807, 2.05) is 0 Å². The minimum atomic E-state index is -0.366.